The molecular formula is C21H24ClN3O3. The average molecular weight is 402 g/mol. The minimum absolute atomic E-state index is 0.0700. The fourth-order valence-electron chi connectivity index (χ4n) is 3.22. The molecule has 0 aliphatic carbocycles. The molecule has 0 unspecified atom stereocenters. The number of nitrogens with one attached hydrogen (secondary N) is 1. The van der Waals surface area contributed by atoms with Gasteiger partial charge in [0.15, 0.2) is 6.61 Å². The number of benzene rings is 2. The maximum atomic E-state index is 12.4. The average Bonchev–Trinajstić information content (AvgIpc) is 2.67. The van der Waals surface area contributed by atoms with E-state index >= 15 is 0 Å². The van der Waals surface area contributed by atoms with E-state index in [1.54, 1.807) is 24.0 Å². The number of anilines is 2. The Balaban J connectivity index is 1.66. The highest BCUT2D eigenvalue weighted by atomic mass is 35.5. The molecule has 1 fully saturated rings. The lowest BCUT2D eigenvalue weighted by atomic mass is 10.2. The number of amides is 2. The third-order valence-electron chi connectivity index (χ3n) is 4.66. The predicted molar refractivity (Wildman–Crippen MR) is 111 cm³/mol. The van der Waals surface area contributed by atoms with Gasteiger partial charge in [0, 0.05) is 33.1 Å². The van der Waals surface area contributed by atoms with Crippen molar-refractivity contribution in [1.29, 1.82) is 0 Å². The number of rotatable bonds is 5. The molecule has 1 N–H and O–H groups in total. The second kappa shape index (κ2) is 8.97. The van der Waals surface area contributed by atoms with E-state index in [1.807, 2.05) is 37.3 Å². The first-order valence-corrected chi connectivity index (χ1v) is 9.60. The van der Waals surface area contributed by atoms with E-state index in [-0.39, 0.29) is 18.4 Å². The van der Waals surface area contributed by atoms with Crippen molar-refractivity contribution in [2.45, 2.75) is 13.8 Å². The largest absolute Gasteiger partial charge is 0.484 e. The maximum absolute atomic E-state index is 12.4. The normalized spacial score (nSPS) is 14.0. The first kappa shape index (κ1) is 20.0. The molecule has 7 heteroatoms. The molecule has 0 spiro atoms. The number of carbonyl (C=O) groups is 2. The van der Waals surface area contributed by atoms with Crippen LogP contribution in [0.25, 0.3) is 0 Å². The van der Waals surface area contributed by atoms with Gasteiger partial charge < -0.3 is 19.9 Å². The number of carbonyl (C=O) groups excluding carboxylic acids is 2. The molecule has 0 radical (unpaired) electrons. The number of para-hydroxylation sites is 1. The van der Waals surface area contributed by atoms with Crippen LogP contribution in [0.5, 0.6) is 5.75 Å². The Morgan fingerprint density at radius 2 is 1.82 bits per heavy atom. The van der Waals surface area contributed by atoms with E-state index in [2.05, 4.69) is 10.2 Å². The lowest BCUT2D eigenvalue weighted by molar-refractivity contribution is -0.129. The number of halogens is 1. The smallest absolute Gasteiger partial charge is 0.262 e. The van der Waals surface area contributed by atoms with Crippen LogP contribution in [-0.2, 0) is 9.59 Å². The molecule has 0 saturated carbocycles. The van der Waals surface area contributed by atoms with Crippen molar-refractivity contribution >= 4 is 34.8 Å². The Hall–Kier alpha value is -2.73. The molecule has 0 aromatic heterocycles. The van der Waals surface area contributed by atoms with E-state index in [0.29, 0.717) is 42.6 Å². The molecule has 2 aromatic carbocycles. The number of hydrogen-bond donors (Lipinski definition) is 1. The van der Waals surface area contributed by atoms with E-state index in [0.717, 1.165) is 11.3 Å². The highest BCUT2D eigenvalue weighted by molar-refractivity contribution is 6.34. The summed E-state index contributed by atoms with van der Waals surface area (Å²) in [5.74, 6) is 0.467. The van der Waals surface area contributed by atoms with Gasteiger partial charge in [0.25, 0.3) is 5.91 Å². The van der Waals surface area contributed by atoms with Gasteiger partial charge in [0.05, 0.1) is 16.4 Å². The summed E-state index contributed by atoms with van der Waals surface area (Å²) < 4.78 is 5.57. The Morgan fingerprint density at radius 3 is 2.50 bits per heavy atom. The first-order chi connectivity index (χ1) is 13.4. The first-order valence-electron chi connectivity index (χ1n) is 9.22. The van der Waals surface area contributed by atoms with E-state index < -0.39 is 0 Å². The molecule has 2 amide bonds. The Kier molecular flexibility index (Phi) is 6.41. The highest BCUT2D eigenvalue weighted by Gasteiger charge is 2.23. The van der Waals surface area contributed by atoms with Crippen molar-refractivity contribution < 1.29 is 14.3 Å². The topological polar surface area (TPSA) is 61.9 Å². The summed E-state index contributed by atoms with van der Waals surface area (Å²) in [6, 6.07) is 13.0. The summed E-state index contributed by atoms with van der Waals surface area (Å²) in [5.41, 5.74) is 2.48. The van der Waals surface area contributed by atoms with Gasteiger partial charge in [-0.15, -0.1) is 0 Å². The fourth-order valence-corrected chi connectivity index (χ4v) is 3.52. The second-order valence-electron chi connectivity index (χ2n) is 6.78. The zero-order chi connectivity index (χ0) is 20.1. The Morgan fingerprint density at radius 1 is 1.11 bits per heavy atom. The summed E-state index contributed by atoms with van der Waals surface area (Å²) in [7, 11) is 0. The molecule has 0 atom stereocenters. The van der Waals surface area contributed by atoms with Crippen LogP contribution in [0.4, 0.5) is 11.4 Å². The molecule has 1 aliphatic heterocycles. The Bertz CT molecular complexity index is 864. The SMILES string of the molecule is CC(=O)N1CCN(c2c(Cl)cccc2NC(=O)COc2cccc(C)c2)CC1. The van der Waals surface area contributed by atoms with Crippen LogP contribution < -0.4 is 15.0 Å². The zero-order valence-corrected chi connectivity index (χ0v) is 16.8. The maximum Gasteiger partial charge on any atom is 0.262 e. The summed E-state index contributed by atoms with van der Waals surface area (Å²) in [6.07, 6.45) is 0. The number of nitrogens with zero attached hydrogens (tertiary/aromatic N) is 2. The van der Waals surface area contributed by atoms with Crippen LogP contribution in [0.2, 0.25) is 5.02 Å². The minimum Gasteiger partial charge on any atom is -0.484 e. The summed E-state index contributed by atoms with van der Waals surface area (Å²) in [6.45, 7) is 6.03. The van der Waals surface area contributed by atoms with E-state index in [1.165, 1.54) is 0 Å². The molecule has 6 nitrogen and oxygen atoms in total. The monoisotopic (exact) mass is 401 g/mol. The number of piperazine rings is 1. The molecule has 0 bridgehead atoms. The van der Waals surface area contributed by atoms with E-state index in [9.17, 15) is 9.59 Å². The highest BCUT2D eigenvalue weighted by Crippen LogP contribution is 2.34. The van der Waals surface area contributed by atoms with Gasteiger partial charge in [-0.05, 0) is 36.8 Å². The van der Waals surface area contributed by atoms with Crippen LogP contribution in [0.1, 0.15) is 12.5 Å². The third kappa shape index (κ3) is 4.95. The quantitative estimate of drug-likeness (QED) is 0.834. The molecule has 3 rings (SSSR count). The standard InChI is InChI=1S/C21H24ClN3O3/c1-15-5-3-6-17(13-15)28-14-20(27)23-19-8-4-7-18(22)21(19)25-11-9-24(10-12-25)16(2)26/h3-8,13H,9-12,14H2,1-2H3,(H,23,27). The molecule has 148 valence electrons. The van der Waals surface area contributed by atoms with Crippen molar-refractivity contribution in [1.82, 2.24) is 4.90 Å². The van der Waals surface area contributed by atoms with Crippen LogP contribution in [0, 0.1) is 6.92 Å². The van der Waals surface area contributed by atoms with Crippen molar-refractivity contribution in [3.05, 3.63) is 53.1 Å². The lowest BCUT2D eigenvalue weighted by Crippen LogP contribution is -2.48. The number of ether oxygens (including phenoxy) is 1. The van der Waals surface area contributed by atoms with Crippen molar-refractivity contribution in [3.8, 4) is 5.75 Å². The fraction of sp³-hybridized carbons (Fsp3) is 0.333. The molecule has 2 aromatic rings. The third-order valence-corrected chi connectivity index (χ3v) is 4.97. The van der Waals surface area contributed by atoms with Gasteiger partial charge in [-0.1, -0.05) is 29.8 Å². The minimum atomic E-state index is -0.257. The molecular weight excluding hydrogens is 378 g/mol. The zero-order valence-electron chi connectivity index (χ0n) is 16.1. The summed E-state index contributed by atoms with van der Waals surface area (Å²) >= 11 is 6.43. The van der Waals surface area contributed by atoms with Crippen molar-refractivity contribution in [2.24, 2.45) is 0 Å². The Labute approximate surface area is 170 Å². The van der Waals surface area contributed by atoms with Crippen LogP contribution in [0.3, 0.4) is 0 Å². The van der Waals surface area contributed by atoms with Gasteiger partial charge in [-0.25, -0.2) is 0 Å². The summed E-state index contributed by atoms with van der Waals surface area (Å²) in [4.78, 5) is 27.9. The van der Waals surface area contributed by atoms with Gasteiger partial charge in [-0.2, -0.15) is 0 Å². The van der Waals surface area contributed by atoms with Crippen molar-refractivity contribution in [3.63, 3.8) is 0 Å². The van der Waals surface area contributed by atoms with Crippen LogP contribution >= 0.6 is 11.6 Å². The molecule has 28 heavy (non-hydrogen) atoms. The van der Waals surface area contributed by atoms with Crippen molar-refractivity contribution in [2.75, 3.05) is 43.0 Å². The van der Waals surface area contributed by atoms with Crippen LogP contribution in [-0.4, -0.2) is 49.5 Å². The van der Waals surface area contributed by atoms with Gasteiger partial charge in [0.2, 0.25) is 5.91 Å². The predicted octanol–water partition coefficient (Wildman–Crippen LogP) is 3.33. The summed E-state index contributed by atoms with van der Waals surface area (Å²) in [5, 5.41) is 3.46. The van der Waals surface area contributed by atoms with Gasteiger partial charge in [0.1, 0.15) is 5.75 Å². The molecule has 1 aliphatic rings. The second-order valence-corrected chi connectivity index (χ2v) is 7.19. The van der Waals surface area contributed by atoms with E-state index in [4.69, 9.17) is 16.3 Å². The van der Waals surface area contributed by atoms with Crippen LogP contribution in [0.15, 0.2) is 42.5 Å². The molecule has 1 heterocycles. The van der Waals surface area contributed by atoms with Gasteiger partial charge in [-0.3, -0.25) is 9.59 Å². The number of aryl methyl sites for hydroxylation is 1. The lowest BCUT2D eigenvalue weighted by Gasteiger charge is -2.36. The molecule has 1 saturated heterocycles. The number of hydrogen-bond acceptors (Lipinski definition) is 4. The van der Waals surface area contributed by atoms with Gasteiger partial charge >= 0.3 is 0 Å².